The fourth-order valence-electron chi connectivity index (χ4n) is 1.71. The summed E-state index contributed by atoms with van der Waals surface area (Å²) in [7, 11) is 0. The van der Waals surface area contributed by atoms with Gasteiger partial charge in [-0.25, -0.2) is 0 Å². The summed E-state index contributed by atoms with van der Waals surface area (Å²) in [6.45, 7) is 5.03. The molecule has 0 aromatic heterocycles. The van der Waals surface area contributed by atoms with Gasteiger partial charge in [-0.15, -0.1) is 6.58 Å². The van der Waals surface area contributed by atoms with Crippen LogP contribution >= 0.6 is 0 Å². The van der Waals surface area contributed by atoms with Gasteiger partial charge in [-0.3, -0.25) is 4.79 Å². The zero-order valence-corrected chi connectivity index (χ0v) is 8.55. The largest absolute Gasteiger partial charge is 0.384 e. The lowest BCUT2D eigenvalue weighted by Crippen LogP contribution is -2.23. The topological polar surface area (TPSA) is 41.1 Å². The molecule has 1 amide bonds. The van der Waals surface area contributed by atoms with Crippen LogP contribution in [0.4, 0.5) is 5.69 Å². The van der Waals surface area contributed by atoms with E-state index in [0.29, 0.717) is 6.54 Å². The molecule has 0 fully saturated rings. The molecule has 0 saturated carbocycles. The number of benzene rings is 1. The Balaban J connectivity index is 2.15. The van der Waals surface area contributed by atoms with Gasteiger partial charge in [0.15, 0.2) is 0 Å². The first-order chi connectivity index (χ1) is 7.31. The van der Waals surface area contributed by atoms with Gasteiger partial charge in [0.05, 0.1) is 0 Å². The second kappa shape index (κ2) is 4.17. The lowest BCUT2D eigenvalue weighted by atomic mass is 10.1. The van der Waals surface area contributed by atoms with E-state index in [1.807, 2.05) is 18.2 Å². The molecule has 1 heterocycles. The van der Waals surface area contributed by atoms with Crippen LogP contribution < -0.4 is 10.6 Å². The predicted octanol–water partition coefficient (Wildman–Crippen LogP) is 1.57. The summed E-state index contributed by atoms with van der Waals surface area (Å²) in [4.78, 5) is 11.6. The molecule has 1 aromatic rings. The number of nitrogens with one attached hydrogen (secondary N) is 2. The highest BCUT2D eigenvalue weighted by atomic mass is 16.1. The Bertz CT molecular complexity index is 399. The summed E-state index contributed by atoms with van der Waals surface area (Å²) in [5.41, 5.74) is 3.09. The van der Waals surface area contributed by atoms with Crippen molar-refractivity contribution < 1.29 is 4.79 Å². The lowest BCUT2D eigenvalue weighted by molar-refractivity contribution is 0.0958. The average Bonchev–Trinajstić information content (AvgIpc) is 2.72. The predicted molar refractivity (Wildman–Crippen MR) is 61.2 cm³/mol. The quantitative estimate of drug-likeness (QED) is 0.730. The van der Waals surface area contributed by atoms with E-state index in [0.717, 1.165) is 24.2 Å². The minimum atomic E-state index is -0.0374. The van der Waals surface area contributed by atoms with Crippen molar-refractivity contribution in [2.75, 3.05) is 18.4 Å². The van der Waals surface area contributed by atoms with E-state index in [1.54, 1.807) is 6.08 Å². The molecule has 2 N–H and O–H groups in total. The molecular formula is C12H14N2O. The van der Waals surface area contributed by atoms with Crippen molar-refractivity contribution in [2.24, 2.45) is 0 Å². The molecule has 2 rings (SSSR count). The van der Waals surface area contributed by atoms with Gasteiger partial charge in [-0.1, -0.05) is 6.08 Å². The second-order valence-electron chi connectivity index (χ2n) is 3.55. The standard InChI is InChI=1S/C12H14N2O/c1-2-6-14-12(15)10-3-4-11-9(8-10)5-7-13-11/h2-4,8,13H,1,5-7H2,(H,14,15). The minimum absolute atomic E-state index is 0.0374. The van der Waals surface area contributed by atoms with Crippen molar-refractivity contribution in [3.63, 3.8) is 0 Å². The summed E-state index contributed by atoms with van der Waals surface area (Å²) in [6, 6.07) is 5.76. The number of hydrogen-bond acceptors (Lipinski definition) is 2. The van der Waals surface area contributed by atoms with Crippen molar-refractivity contribution in [1.82, 2.24) is 5.32 Å². The van der Waals surface area contributed by atoms with Crippen LogP contribution in [-0.2, 0) is 6.42 Å². The highest BCUT2D eigenvalue weighted by molar-refractivity contribution is 5.95. The Hall–Kier alpha value is -1.77. The first-order valence-electron chi connectivity index (χ1n) is 5.07. The van der Waals surface area contributed by atoms with E-state index >= 15 is 0 Å². The summed E-state index contributed by atoms with van der Waals surface area (Å²) in [5, 5.41) is 6.02. The van der Waals surface area contributed by atoms with Gasteiger partial charge < -0.3 is 10.6 Å². The number of rotatable bonds is 3. The van der Waals surface area contributed by atoms with Crippen LogP contribution in [0.25, 0.3) is 0 Å². The Labute approximate surface area is 89.2 Å². The summed E-state index contributed by atoms with van der Waals surface area (Å²) >= 11 is 0. The molecule has 78 valence electrons. The maximum Gasteiger partial charge on any atom is 0.251 e. The van der Waals surface area contributed by atoms with Crippen LogP contribution in [0.5, 0.6) is 0 Å². The molecule has 1 aliphatic rings. The fourth-order valence-corrected chi connectivity index (χ4v) is 1.71. The second-order valence-corrected chi connectivity index (χ2v) is 3.55. The molecule has 1 aromatic carbocycles. The van der Waals surface area contributed by atoms with Crippen LogP contribution in [0.2, 0.25) is 0 Å². The Kier molecular flexibility index (Phi) is 2.72. The van der Waals surface area contributed by atoms with Gasteiger partial charge in [-0.2, -0.15) is 0 Å². The van der Waals surface area contributed by atoms with Crippen LogP contribution in [0, 0.1) is 0 Å². The van der Waals surface area contributed by atoms with E-state index in [9.17, 15) is 4.79 Å². The van der Waals surface area contributed by atoms with E-state index in [-0.39, 0.29) is 5.91 Å². The van der Waals surface area contributed by atoms with Gasteiger partial charge in [0.25, 0.3) is 5.91 Å². The molecule has 0 bridgehead atoms. The van der Waals surface area contributed by atoms with E-state index in [4.69, 9.17) is 0 Å². The third kappa shape index (κ3) is 2.01. The molecule has 0 saturated heterocycles. The molecule has 3 nitrogen and oxygen atoms in total. The smallest absolute Gasteiger partial charge is 0.251 e. The highest BCUT2D eigenvalue weighted by Gasteiger charge is 2.12. The van der Waals surface area contributed by atoms with Crippen molar-refractivity contribution >= 4 is 11.6 Å². The molecular weight excluding hydrogens is 188 g/mol. The summed E-state index contributed by atoms with van der Waals surface area (Å²) in [5.74, 6) is -0.0374. The minimum Gasteiger partial charge on any atom is -0.384 e. The van der Waals surface area contributed by atoms with Crippen molar-refractivity contribution in [2.45, 2.75) is 6.42 Å². The van der Waals surface area contributed by atoms with Crippen molar-refractivity contribution in [1.29, 1.82) is 0 Å². The number of amides is 1. The van der Waals surface area contributed by atoms with E-state index in [1.165, 1.54) is 5.56 Å². The average molecular weight is 202 g/mol. The number of carbonyl (C=O) groups excluding carboxylic acids is 1. The molecule has 1 aliphatic heterocycles. The molecule has 0 atom stereocenters. The van der Waals surface area contributed by atoms with Crippen LogP contribution in [0.1, 0.15) is 15.9 Å². The molecule has 0 spiro atoms. The zero-order chi connectivity index (χ0) is 10.7. The van der Waals surface area contributed by atoms with Crippen molar-refractivity contribution in [3.05, 3.63) is 42.0 Å². The maximum absolute atomic E-state index is 11.6. The number of fused-ring (bicyclic) bond motifs is 1. The SMILES string of the molecule is C=CCNC(=O)c1ccc2c(c1)CCN2. The van der Waals surface area contributed by atoms with E-state index < -0.39 is 0 Å². The first-order valence-corrected chi connectivity index (χ1v) is 5.07. The normalized spacial score (nSPS) is 12.8. The van der Waals surface area contributed by atoms with Gasteiger partial charge in [0, 0.05) is 24.3 Å². The first kappa shape index (κ1) is 9.77. The zero-order valence-electron chi connectivity index (χ0n) is 8.55. The molecule has 0 unspecified atom stereocenters. The molecule has 3 heteroatoms. The Morgan fingerprint density at radius 3 is 3.27 bits per heavy atom. The summed E-state index contributed by atoms with van der Waals surface area (Å²) in [6.07, 6.45) is 2.67. The highest BCUT2D eigenvalue weighted by Crippen LogP contribution is 2.22. The van der Waals surface area contributed by atoms with Crippen LogP contribution in [0.15, 0.2) is 30.9 Å². The third-order valence-electron chi connectivity index (χ3n) is 2.48. The summed E-state index contributed by atoms with van der Waals surface area (Å²) < 4.78 is 0. The van der Waals surface area contributed by atoms with Gasteiger partial charge in [0.2, 0.25) is 0 Å². The lowest BCUT2D eigenvalue weighted by Gasteiger charge is -2.04. The van der Waals surface area contributed by atoms with Gasteiger partial charge in [-0.05, 0) is 30.2 Å². The van der Waals surface area contributed by atoms with Crippen LogP contribution in [-0.4, -0.2) is 19.0 Å². The third-order valence-corrected chi connectivity index (χ3v) is 2.48. The number of carbonyl (C=O) groups is 1. The Morgan fingerprint density at radius 1 is 1.60 bits per heavy atom. The molecule has 0 aliphatic carbocycles. The molecule has 15 heavy (non-hydrogen) atoms. The Morgan fingerprint density at radius 2 is 2.47 bits per heavy atom. The monoisotopic (exact) mass is 202 g/mol. The van der Waals surface area contributed by atoms with Gasteiger partial charge >= 0.3 is 0 Å². The fraction of sp³-hybridized carbons (Fsp3) is 0.250. The number of anilines is 1. The van der Waals surface area contributed by atoms with Crippen LogP contribution in [0.3, 0.4) is 0 Å². The van der Waals surface area contributed by atoms with Crippen molar-refractivity contribution in [3.8, 4) is 0 Å². The molecule has 0 radical (unpaired) electrons. The maximum atomic E-state index is 11.6. The number of hydrogen-bond donors (Lipinski definition) is 2. The van der Waals surface area contributed by atoms with Gasteiger partial charge in [0.1, 0.15) is 0 Å². The van der Waals surface area contributed by atoms with E-state index in [2.05, 4.69) is 17.2 Å².